The average Bonchev–Trinajstić information content (AvgIpc) is 2.85. The molecule has 0 heterocycles. The van der Waals surface area contributed by atoms with Gasteiger partial charge in [0.25, 0.3) is 10.0 Å². The van der Waals surface area contributed by atoms with Crippen LogP contribution in [0.1, 0.15) is 31.9 Å². The SMILES string of the molecule is Cc1cccc(N(CC(=O)N(Cc2cccc(Br)c2)C(C)C(=O)NC(C)C)S(=O)(=O)c2ccccc2)c1. The molecule has 3 aromatic carbocycles. The Kier molecular flexibility index (Phi) is 9.50. The minimum atomic E-state index is -4.07. The van der Waals surface area contributed by atoms with E-state index in [1.54, 1.807) is 43.3 Å². The molecule has 0 saturated carbocycles. The molecule has 0 spiro atoms. The van der Waals surface area contributed by atoms with Crippen molar-refractivity contribution in [1.82, 2.24) is 10.2 Å². The first-order valence-corrected chi connectivity index (χ1v) is 14.2. The van der Waals surface area contributed by atoms with E-state index in [1.807, 2.05) is 51.1 Å². The van der Waals surface area contributed by atoms with Crippen molar-refractivity contribution >= 4 is 43.5 Å². The van der Waals surface area contributed by atoms with E-state index >= 15 is 0 Å². The predicted molar refractivity (Wildman–Crippen MR) is 150 cm³/mol. The molecule has 1 unspecified atom stereocenters. The fourth-order valence-electron chi connectivity index (χ4n) is 3.85. The van der Waals surface area contributed by atoms with E-state index in [0.717, 1.165) is 19.9 Å². The van der Waals surface area contributed by atoms with E-state index in [9.17, 15) is 18.0 Å². The molecular formula is C28H32BrN3O4S. The van der Waals surface area contributed by atoms with Gasteiger partial charge in [0.05, 0.1) is 10.6 Å². The van der Waals surface area contributed by atoms with Gasteiger partial charge in [-0.2, -0.15) is 0 Å². The molecule has 0 fully saturated rings. The smallest absolute Gasteiger partial charge is 0.264 e. The molecule has 0 aliphatic rings. The lowest BCUT2D eigenvalue weighted by atomic mass is 10.1. The monoisotopic (exact) mass is 585 g/mol. The van der Waals surface area contributed by atoms with Crippen LogP contribution in [0.5, 0.6) is 0 Å². The second-order valence-electron chi connectivity index (χ2n) is 9.15. The van der Waals surface area contributed by atoms with E-state index in [4.69, 9.17) is 0 Å². The van der Waals surface area contributed by atoms with Gasteiger partial charge < -0.3 is 10.2 Å². The number of amides is 2. The Bertz CT molecular complexity index is 1350. The number of hydrogen-bond acceptors (Lipinski definition) is 4. The Hall–Kier alpha value is -3.17. The van der Waals surface area contributed by atoms with Gasteiger partial charge >= 0.3 is 0 Å². The summed E-state index contributed by atoms with van der Waals surface area (Å²) in [6.07, 6.45) is 0. The molecule has 1 atom stereocenters. The molecule has 0 saturated heterocycles. The first kappa shape index (κ1) is 28.4. The number of nitrogens with one attached hydrogen (secondary N) is 1. The number of halogens is 1. The van der Waals surface area contributed by atoms with Gasteiger partial charge in [-0.1, -0.05) is 58.4 Å². The van der Waals surface area contributed by atoms with E-state index in [2.05, 4.69) is 21.2 Å². The van der Waals surface area contributed by atoms with Gasteiger partial charge in [-0.05, 0) is 75.2 Å². The highest BCUT2D eigenvalue weighted by atomic mass is 79.9. The van der Waals surface area contributed by atoms with Gasteiger partial charge in [-0.25, -0.2) is 8.42 Å². The third kappa shape index (κ3) is 7.42. The van der Waals surface area contributed by atoms with Crippen LogP contribution in [0, 0.1) is 6.92 Å². The van der Waals surface area contributed by atoms with Gasteiger partial charge in [0, 0.05) is 17.1 Å². The molecule has 3 rings (SSSR count). The Morgan fingerprint density at radius 1 is 0.919 bits per heavy atom. The molecule has 0 bridgehead atoms. The van der Waals surface area contributed by atoms with Crippen molar-refractivity contribution in [2.45, 2.75) is 51.2 Å². The number of anilines is 1. The predicted octanol–water partition coefficient (Wildman–Crippen LogP) is 4.89. The summed E-state index contributed by atoms with van der Waals surface area (Å²) in [6, 6.07) is 21.5. The molecule has 0 radical (unpaired) electrons. The average molecular weight is 587 g/mol. The molecular weight excluding hydrogens is 554 g/mol. The first-order chi connectivity index (χ1) is 17.5. The summed E-state index contributed by atoms with van der Waals surface area (Å²) in [5.41, 5.74) is 2.03. The van der Waals surface area contributed by atoms with Crippen molar-refractivity contribution in [1.29, 1.82) is 0 Å². The number of nitrogens with zero attached hydrogens (tertiary/aromatic N) is 2. The molecule has 9 heteroatoms. The highest BCUT2D eigenvalue weighted by molar-refractivity contribution is 9.10. The van der Waals surface area contributed by atoms with E-state index in [0.29, 0.717) is 5.69 Å². The van der Waals surface area contributed by atoms with Crippen LogP contribution in [-0.4, -0.2) is 43.8 Å². The summed E-state index contributed by atoms with van der Waals surface area (Å²) < 4.78 is 29.4. The van der Waals surface area contributed by atoms with Crippen LogP contribution in [0.2, 0.25) is 0 Å². The largest absolute Gasteiger partial charge is 0.352 e. The van der Waals surface area contributed by atoms with Crippen molar-refractivity contribution < 1.29 is 18.0 Å². The number of carbonyl (C=O) groups is 2. The van der Waals surface area contributed by atoms with Crippen LogP contribution in [0.4, 0.5) is 5.69 Å². The van der Waals surface area contributed by atoms with Gasteiger partial charge in [-0.15, -0.1) is 0 Å². The van der Waals surface area contributed by atoms with Crippen molar-refractivity contribution in [3.8, 4) is 0 Å². The van der Waals surface area contributed by atoms with Gasteiger partial charge in [0.15, 0.2) is 0 Å². The van der Waals surface area contributed by atoms with Gasteiger partial charge in [0.1, 0.15) is 12.6 Å². The molecule has 0 aromatic heterocycles. The summed E-state index contributed by atoms with van der Waals surface area (Å²) in [5.74, 6) is -0.807. The summed E-state index contributed by atoms with van der Waals surface area (Å²) in [6.45, 7) is 6.87. The molecule has 3 aromatic rings. The molecule has 2 amide bonds. The highest BCUT2D eigenvalue weighted by Crippen LogP contribution is 2.25. The number of sulfonamides is 1. The lowest BCUT2D eigenvalue weighted by Gasteiger charge is -2.32. The zero-order valence-electron chi connectivity index (χ0n) is 21.4. The van der Waals surface area contributed by atoms with E-state index in [-0.39, 0.29) is 23.4 Å². The van der Waals surface area contributed by atoms with Crippen molar-refractivity contribution in [3.63, 3.8) is 0 Å². The van der Waals surface area contributed by atoms with Crippen LogP contribution < -0.4 is 9.62 Å². The maximum absolute atomic E-state index is 13.8. The zero-order valence-corrected chi connectivity index (χ0v) is 23.8. The van der Waals surface area contributed by atoms with E-state index < -0.39 is 28.5 Å². The van der Waals surface area contributed by atoms with E-state index in [1.165, 1.54) is 17.0 Å². The fraction of sp³-hybridized carbons (Fsp3) is 0.286. The standard InChI is InChI=1S/C28H32BrN3O4S/c1-20(2)30-28(34)22(4)31(18-23-11-9-12-24(29)17-23)27(33)19-32(25-13-8-10-21(3)16-25)37(35,36)26-14-6-5-7-15-26/h5-17,20,22H,18-19H2,1-4H3,(H,30,34). The highest BCUT2D eigenvalue weighted by Gasteiger charge is 2.32. The lowest BCUT2D eigenvalue weighted by molar-refractivity contribution is -0.139. The minimum Gasteiger partial charge on any atom is -0.352 e. The lowest BCUT2D eigenvalue weighted by Crippen LogP contribution is -2.52. The Morgan fingerprint density at radius 3 is 2.22 bits per heavy atom. The summed E-state index contributed by atoms with van der Waals surface area (Å²) >= 11 is 3.45. The Morgan fingerprint density at radius 2 is 1.59 bits per heavy atom. The van der Waals surface area contributed by atoms with Crippen molar-refractivity contribution in [2.24, 2.45) is 0 Å². The zero-order chi connectivity index (χ0) is 27.2. The van der Waals surface area contributed by atoms with Crippen LogP contribution in [0.15, 0.2) is 88.2 Å². The minimum absolute atomic E-state index is 0.0773. The van der Waals surface area contributed by atoms with Gasteiger partial charge in [0.2, 0.25) is 11.8 Å². The molecule has 1 N–H and O–H groups in total. The second kappa shape index (κ2) is 12.4. The summed E-state index contributed by atoms with van der Waals surface area (Å²) in [4.78, 5) is 28.3. The van der Waals surface area contributed by atoms with Crippen LogP contribution >= 0.6 is 15.9 Å². The molecule has 37 heavy (non-hydrogen) atoms. The molecule has 196 valence electrons. The topological polar surface area (TPSA) is 86.8 Å². The Balaban J connectivity index is 2.02. The maximum atomic E-state index is 13.8. The molecule has 0 aliphatic carbocycles. The Labute approximate surface area is 227 Å². The van der Waals surface area contributed by atoms with Crippen molar-refractivity contribution in [2.75, 3.05) is 10.8 Å². The van der Waals surface area contributed by atoms with Crippen LogP contribution in [-0.2, 0) is 26.2 Å². The molecule has 0 aliphatic heterocycles. The number of carbonyl (C=O) groups excluding carboxylic acids is 2. The van der Waals surface area contributed by atoms with Crippen LogP contribution in [0.3, 0.4) is 0 Å². The number of rotatable bonds is 10. The third-order valence-electron chi connectivity index (χ3n) is 5.74. The van der Waals surface area contributed by atoms with Crippen molar-refractivity contribution in [3.05, 3.63) is 94.5 Å². The fourth-order valence-corrected chi connectivity index (χ4v) is 5.72. The summed E-state index contributed by atoms with van der Waals surface area (Å²) in [5, 5.41) is 2.85. The van der Waals surface area contributed by atoms with Gasteiger partial charge in [-0.3, -0.25) is 13.9 Å². The molecule has 7 nitrogen and oxygen atoms in total. The third-order valence-corrected chi connectivity index (χ3v) is 8.02. The number of hydrogen-bond donors (Lipinski definition) is 1. The van der Waals surface area contributed by atoms with Crippen LogP contribution in [0.25, 0.3) is 0 Å². The normalized spacial score (nSPS) is 12.2. The maximum Gasteiger partial charge on any atom is 0.264 e. The second-order valence-corrected chi connectivity index (χ2v) is 11.9. The number of benzene rings is 3. The number of aryl methyl sites for hydroxylation is 1. The first-order valence-electron chi connectivity index (χ1n) is 12.0. The quantitative estimate of drug-likeness (QED) is 0.367. The summed E-state index contributed by atoms with van der Waals surface area (Å²) in [7, 11) is -4.07.